The molecule has 0 bridgehead atoms. The minimum Gasteiger partial charge on any atom is -0.354 e. The molecule has 0 unspecified atom stereocenters. The molecule has 0 aliphatic carbocycles. The van der Waals surface area contributed by atoms with Crippen molar-refractivity contribution in [1.82, 2.24) is 15.3 Å². The first-order valence-electron chi connectivity index (χ1n) is 7.52. The van der Waals surface area contributed by atoms with E-state index in [2.05, 4.69) is 62.1 Å². The van der Waals surface area contributed by atoms with E-state index in [1.54, 1.807) is 0 Å². The minimum absolute atomic E-state index is 0.109. The quantitative estimate of drug-likeness (QED) is 0.800. The highest BCUT2D eigenvalue weighted by atomic mass is 15.1. The van der Waals surface area contributed by atoms with Gasteiger partial charge in [-0.25, -0.2) is 9.97 Å². The number of rotatable bonds is 7. The maximum absolute atomic E-state index is 4.33. The summed E-state index contributed by atoms with van der Waals surface area (Å²) < 4.78 is 0. The van der Waals surface area contributed by atoms with Crippen LogP contribution in [0.3, 0.4) is 0 Å². The van der Waals surface area contributed by atoms with Gasteiger partial charge in [0.15, 0.2) is 0 Å². The monoisotopic (exact) mass is 278 g/mol. The SMILES string of the molecule is CCCNc1ncc(CNC(C)(C)CC(C)(C)C)cn1. The molecule has 0 amide bonds. The van der Waals surface area contributed by atoms with E-state index in [-0.39, 0.29) is 5.54 Å². The van der Waals surface area contributed by atoms with Gasteiger partial charge in [-0.2, -0.15) is 0 Å². The minimum atomic E-state index is 0.109. The third-order valence-corrected chi connectivity index (χ3v) is 2.98. The van der Waals surface area contributed by atoms with Crippen LogP contribution in [0, 0.1) is 5.41 Å². The Labute approximate surface area is 123 Å². The summed E-state index contributed by atoms with van der Waals surface area (Å²) in [7, 11) is 0. The Kier molecular flexibility index (Phi) is 5.93. The first-order chi connectivity index (χ1) is 9.22. The molecule has 4 nitrogen and oxygen atoms in total. The van der Waals surface area contributed by atoms with Crippen molar-refractivity contribution in [3.8, 4) is 0 Å². The van der Waals surface area contributed by atoms with Gasteiger partial charge < -0.3 is 10.6 Å². The molecule has 0 saturated heterocycles. The van der Waals surface area contributed by atoms with E-state index < -0.39 is 0 Å². The third-order valence-electron chi connectivity index (χ3n) is 2.98. The van der Waals surface area contributed by atoms with Crippen LogP contribution in [0.4, 0.5) is 5.95 Å². The van der Waals surface area contributed by atoms with Crippen molar-refractivity contribution in [3.05, 3.63) is 18.0 Å². The molecule has 2 N–H and O–H groups in total. The van der Waals surface area contributed by atoms with Crippen LogP contribution in [0.15, 0.2) is 12.4 Å². The molecule has 4 heteroatoms. The van der Waals surface area contributed by atoms with Crippen LogP contribution in [0.2, 0.25) is 0 Å². The topological polar surface area (TPSA) is 49.8 Å². The maximum atomic E-state index is 4.33. The first-order valence-corrected chi connectivity index (χ1v) is 7.52. The lowest BCUT2D eigenvalue weighted by Gasteiger charge is -2.33. The second kappa shape index (κ2) is 7.02. The van der Waals surface area contributed by atoms with Crippen molar-refractivity contribution in [1.29, 1.82) is 0 Å². The van der Waals surface area contributed by atoms with Crippen LogP contribution in [-0.4, -0.2) is 22.1 Å². The fourth-order valence-electron chi connectivity index (χ4n) is 2.50. The highest BCUT2D eigenvalue weighted by molar-refractivity contribution is 5.24. The van der Waals surface area contributed by atoms with Gasteiger partial charge in [-0.1, -0.05) is 27.7 Å². The van der Waals surface area contributed by atoms with Crippen molar-refractivity contribution < 1.29 is 0 Å². The lowest BCUT2D eigenvalue weighted by atomic mass is 9.82. The third kappa shape index (κ3) is 6.85. The zero-order valence-corrected chi connectivity index (χ0v) is 13.9. The standard InChI is InChI=1S/C16H30N4/c1-7-8-17-14-18-9-13(10-19-14)11-20-16(5,6)12-15(2,3)4/h9-10,20H,7-8,11-12H2,1-6H3,(H,17,18,19). The van der Waals surface area contributed by atoms with Crippen LogP contribution < -0.4 is 10.6 Å². The predicted molar refractivity (Wildman–Crippen MR) is 85.8 cm³/mol. The Bertz CT molecular complexity index is 390. The zero-order valence-electron chi connectivity index (χ0n) is 13.9. The molecule has 0 saturated carbocycles. The van der Waals surface area contributed by atoms with E-state index in [0.717, 1.165) is 31.5 Å². The van der Waals surface area contributed by atoms with Gasteiger partial charge in [-0.3, -0.25) is 0 Å². The fraction of sp³-hybridized carbons (Fsp3) is 0.750. The Morgan fingerprint density at radius 1 is 1.05 bits per heavy atom. The van der Waals surface area contributed by atoms with Crippen molar-refractivity contribution in [3.63, 3.8) is 0 Å². The van der Waals surface area contributed by atoms with Gasteiger partial charge in [-0.05, 0) is 32.1 Å². The van der Waals surface area contributed by atoms with Gasteiger partial charge in [0.25, 0.3) is 0 Å². The summed E-state index contributed by atoms with van der Waals surface area (Å²) in [6, 6.07) is 0. The highest BCUT2D eigenvalue weighted by Crippen LogP contribution is 2.26. The number of hydrogen-bond acceptors (Lipinski definition) is 4. The molecule has 0 aliphatic rings. The summed E-state index contributed by atoms with van der Waals surface area (Å²) in [5.74, 6) is 0.713. The Morgan fingerprint density at radius 3 is 2.15 bits per heavy atom. The van der Waals surface area contributed by atoms with Crippen molar-refractivity contribution in [2.24, 2.45) is 5.41 Å². The van der Waals surface area contributed by atoms with Gasteiger partial charge in [0.2, 0.25) is 5.95 Å². The van der Waals surface area contributed by atoms with Gasteiger partial charge in [0.1, 0.15) is 0 Å². The molecular weight excluding hydrogens is 248 g/mol. The van der Waals surface area contributed by atoms with E-state index in [0.29, 0.717) is 11.4 Å². The largest absolute Gasteiger partial charge is 0.354 e. The number of anilines is 1. The summed E-state index contributed by atoms with van der Waals surface area (Å²) in [6.07, 6.45) is 5.99. The Balaban J connectivity index is 2.49. The summed E-state index contributed by atoms with van der Waals surface area (Å²) >= 11 is 0. The van der Waals surface area contributed by atoms with Gasteiger partial charge >= 0.3 is 0 Å². The molecule has 114 valence electrons. The smallest absolute Gasteiger partial charge is 0.222 e. The predicted octanol–water partition coefficient (Wildman–Crippen LogP) is 3.60. The molecule has 0 aliphatic heterocycles. The Morgan fingerprint density at radius 2 is 1.65 bits per heavy atom. The molecule has 1 rings (SSSR count). The molecule has 0 radical (unpaired) electrons. The van der Waals surface area contributed by atoms with Gasteiger partial charge in [0.05, 0.1) is 0 Å². The maximum Gasteiger partial charge on any atom is 0.222 e. The van der Waals surface area contributed by atoms with E-state index in [4.69, 9.17) is 0 Å². The van der Waals surface area contributed by atoms with E-state index >= 15 is 0 Å². The molecule has 1 aromatic heterocycles. The molecule has 1 heterocycles. The van der Waals surface area contributed by atoms with Crippen LogP contribution >= 0.6 is 0 Å². The molecule has 0 fully saturated rings. The summed E-state index contributed by atoms with van der Waals surface area (Å²) in [5.41, 5.74) is 1.55. The molecule has 20 heavy (non-hydrogen) atoms. The fourth-order valence-corrected chi connectivity index (χ4v) is 2.50. The second-order valence-electron chi connectivity index (χ2n) is 7.32. The molecule has 1 aromatic rings. The summed E-state index contributed by atoms with van der Waals surface area (Å²) in [6.45, 7) is 15.2. The number of nitrogens with zero attached hydrogens (tertiary/aromatic N) is 2. The van der Waals surface area contributed by atoms with Gasteiger partial charge in [0, 0.05) is 36.6 Å². The molecule has 0 atom stereocenters. The summed E-state index contributed by atoms with van der Waals surface area (Å²) in [5, 5.41) is 6.78. The average molecular weight is 278 g/mol. The second-order valence-corrected chi connectivity index (χ2v) is 7.32. The molecule has 0 aromatic carbocycles. The highest BCUT2D eigenvalue weighted by Gasteiger charge is 2.24. The van der Waals surface area contributed by atoms with Crippen LogP contribution in [0.1, 0.15) is 59.9 Å². The normalized spacial score (nSPS) is 12.5. The lowest BCUT2D eigenvalue weighted by Crippen LogP contribution is -2.41. The van der Waals surface area contributed by atoms with Crippen LogP contribution in [0.25, 0.3) is 0 Å². The van der Waals surface area contributed by atoms with E-state index in [9.17, 15) is 0 Å². The number of nitrogens with one attached hydrogen (secondary N) is 2. The summed E-state index contributed by atoms with van der Waals surface area (Å²) in [4.78, 5) is 8.66. The number of aromatic nitrogens is 2. The van der Waals surface area contributed by atoms with Gasteiger partial charge in [-0.15, -0.1) is 0 Å². The van der Waals surface area contributed by atoms with Crippen molar-refractivity contribution in [2.45, 2.75) is 66.5 Å². The van der Waals surface area contributed by atoms with E-state index in [1.807, 2.05) is 12.4 Å². The first kappa shape index (κ1) is 16.9. The van der Waals surface area contributed by atoms with Crippen molar-refractivity contribution in [2.75, 3.05) is 11.9 Å². The molecule has 0 spiro atoms. The average Bonchev–Trinajstić information content (AvgIpc) is 2.32. The Hall–Kier alpha value is -1.16. The zero-order chi connectivity index (χ0) is 15.2. The van der Waals surface area contributed by atoms with Crippen LogP contribution in [-0.2, 0) is 6.54 Å². The molecular formula is C16H30N4. The number of hydrogen-bond donors (Lipinski definition) is 2. The lowest BCUT2D eigenvalue weighted by molar-refractivity contribution is 0.240. The van der Waals surface area contributed by atoms with Crippen molar-refractivity contribution >= 4 is 5.95 Å². The van der Waals surface area contributed by atoms with E-state index in [1.165, 1.54) is 0 Å². The van der Waals surface area contributed by atoms with Crippen LogP contribution in [0.5, 0.6) is 0 Å².